The van der Waals surface area contributed by atoms with Crippen LogP contribution < -0.4 is 5.73 Å². The number of nitrogens with two attached hydrogens (primary N) is 1. The summed E-state index contributed by atoms with van der Waals surface area (Å²) < 4.78 is 0. The van der Waals surface area contributed by atoms with Crippen LogP contribution in [-0.2, 0) is 0 Å². The Balaban J connectivity index is 2.03. The molecule has 0 spiro atoms. The predicted molar refractivity (Wildman–Crippen MR) is 82.1 cm³/mol. The van der Waals surface area contributed by atoms with Gasteiger partial charge in [0.15, 0.2) is 0 Å². The minimum atomic E-state index is 0.305. The van der Waals surface area contributed by atoms with Crippen LogP contribution in [0.4, 0.5) is 0 Å². The van der Waals surface area contributed by atoms with Gasteiger partial charge >= 0.3 is 0 Å². The van der Waals surface area contributed by atoms with Gasteiger partial charge in [-0.2, -0.15) is 11.8 Å². The van der Waals surface area contributed by atoms with Crippen molar-refractivity contribution in [2.45, 2.75) is 63.5 Å². The molecule has 2 N–H and O–H groups in total. The van der Waals surface area contributed by atoms with E-state index in [1.165, 1.54) is 56.5 Å². The van der Waals surface area contributed by atoms with E-state index in [9.17, 15) is 0 Å². The van der Waals surface area contributed by atoms with Crippen LogP contribution in [0.5, 0.6) is 0 Å². The Morgan fingerprint density at radius 1 is 1.28 bits per heavy atom. The summed E-state index contributed by atoms with van der Waals surface area (Å²) in [5.41, 5.74) is 6.52. The van der Waals surface area contributed by atoms with E-state index in [2.05, 4.69) is 30.6 Å². The van der Waals surface area contributed by atoms with Gasteiger partial charge in [0.25, 0.3) is 0 Å². The molecule has 2 fully saturated rings. The molecule has 3 unspecified atom stereocenters. The number of hydrogen-bond acceptors (Lipinski definition) is 3. The number of thioether (sulfide) groups is 1. The first kappa shape index (κ1) is 14.7. The summed E-state index contributed by atoms with van der Waals surface area (Å²) in [6.07, 6.45) is 9.53. The lowest BCUT2D eigenvalue weighted by molar-refractivity contribution is 0.0713. The summed E-state index contributed by atoms with van der Waals surface area (Å²) in [6, 6.07) is 0.775. The van der Waals surface area contributed by atoms with E-state index in [0.717, 1.165) is 18.5 Å². The Morgan fingerprint density at radius 2 is 2.11 bits per heavy atom. The van der Waals surface area contributed by atoms with Crippen LogP contribution in [0.2, 0.25) is 0 Å². The molecule has 1 aliphatic carbocycles. The molecule has 2 nitrogen and oxygen atoms in total. The summed E-state index contributed by atoms with van der Waals surface area (Å²) in [5.74, 6) is 3.60. The van der Waals surface area contributed by atoms with Crippen molar-refractivity contribution in [3.63, 3.8) is 0 Å². The molecule has 2 aliphatic rings. The lowest BCUT2D eigenvalue weighted by atomic mass is 9.86. The SMILES string of the molecule is CCC1CCCC(CN)(N(C)C2CCSC2)CC1. The van der Waals surface area contributed by atoms with Crippen molar-refractivity contribution in [1.29, 1.82) is 0 Å². The number of hydrogen-bond donors (Lipinski definition) is 1. The second kappa shape index (κ2) is 6.62. The fourth-order valence-corrected chi connectivity index (χ4v) is 5.05. The van der Waals surface area contributed by atoms with Crippen LogP contribution >= 0.6 is 11.8 Å². The Bertz CT molecular complexity index is 253. The maximum absolute atomic E-state index is 6.21. The first-order valence-corrected chi connectivity index (χ1v) is 8.88. The maximum atomic E-state index is 6.21. The van der Waals surface area contributed by atoms with Gasteiger partial charge in [-0.3, -0.25) is 4.90 Å². The third-order valence-corrected chi connectivity index (χ3v) is 6.58. The van der Waals surface area contributed by atoms with Crippen LogP contribution in [0, 0.1) is 5.92 Å². The van der Waals surface area contributed by atoms with E-state index >= 15 is 0 Å². The maximum Gasteiger partial charge on any atom is 0.0332 e. The molecule has 3 heteroatoms. The minimum absolute atomic E-state index is 0.305. The fraction of sp³-hybridized carbons (Fsp3) is 1.00. The Kier molecular flexibility index (Phi) is 5.40. The Hall–Kier alpha value is 0.270. The van der Waals surface area contributed by atoms with Crippen molar-refractivity contribution in [2.24, 2.45) is 11.7 Å². The van der Waals surface area contributed by atoms with Crippen molar-refractivity contribution < 1.29 is 0 Å². The van der Waals surface area contributed by atoms with Crippen molar-refractivity contribution in [3.05, 3.63) is 0 Å². The quantitative estimate of drug-likeness (QED) is 0.796. The zero-order chi connectivity index (χ0) is 13.0. The summed E-state index contributed by atoms with van der Waals surface area (Å²) in [4.78, 5) is 2.67. The van der Waals surface area contributed by atoms with Gasteiger partial charge in [-0.25, -0.2) is 0 Å². The highest BCUT2D eigenvalue weighted by Crippen LogP contribution is 2.37. The molecule has 1 aliphatic heterocycles. The molecule has 0 amide bonds. The second-order valence-corrected chi connectivity index (χ2v) is 7.41. The first-order valence-electron chi connectivity index (χ1n) is 7.72. The minimum Gasteiger partial charge on any atom is -0.329 e. The molecule has 0 radical (unpaired) electrons. The summed E-state index contributed by atoms with van der Waals surface area (Å²) in [5, 5.41) is 0. The van der Waals surface area contributed by atoms with Gasteiger partial charge in [-0.05, 0) is 44.4 Å². The number of likely N-dealkylation sites (N-methyl/N-ethyl adjacent to an activating group) is 1. The summed E-state index contributed by atoms with van der Waals surface area (Å²) >= 11 is 2.11. The topological polar surface area (TPSA) is 29.3 Å². The molecule has 3 atom stereocenters. The fourth-order valence-electron chi connectivity index (χ4n) is 3.79. The normalized spacial score (nSPS) is 38.0. The van der Waals surface area contributed by atoms with Crippen molar-refractivity contribution >= 4 is 11.8 Å². The highest BCUT2D eigenvalue weighted by molar-refractivity contribution is 7.99. The van der Waals surface area contributed by atoms with Crippen LogP contribution in [0.3, 0.4) is 0 Å². The lowest BCUT2D eigenvalue weighted by Gasteiger charge is -2.44. The van der Waals surface area contributed by atoms with Crippen LogP contribution in [0.1, 0.15) is 51.9 Å². The molecule has 2 rings (SSSR count). The molecule has 1 heterocycles. The van der Waals surface area contributed by atoms with Crippen molar-refractivity contribution in [3.8, 4) is 0 Å². The third kappa shape index (κ3) is 3.05. The zero-order valence-corrected chi connectivity index (χ0v) is 13.0. The second-order valence-electron chi connectivity index (χ2n) is 6.26. The molecule has 0 aromatic carbocycles. The van der Waals surface area contributed by atoms with Crippen molar-refractivity contribution in [2.75, 3.05) is 25.1 Å². The highest BCUT2D eigenvalue weighted by Gasteiger charge is 2.39. The average molecular weight is 270 g/mol. The van der Waals surface area contributed by atoms with E-state index in [1.54, 1.807) is 0 Å². The lowest BCUT2D eigenvalue weighted by Crippen LogP contribution is -2.55. The monoisotopic (exact) mass is 270 g/mol. The molecule has 1 saturated carbocycles. The molecular weight excluding hydrogens is 240 g/mol. The molecule has 106 valence electrons. The van der Waals surface area contributed by atoms with Gasteiger partial charge in [0, 0.05) is 23.9 Å². The standard InChI is InChI=1S/C15H30N2S/c1-3-13-5-4-8-15(12-16,9-6-13)17(2)14-7-10-18-11-14/h13-14H,3-12,16H2,1-2H3. The van der Waals surface area contributed by atoms with Crippen LogP contribution in [0.25, 0.3) is 0 Å². The molecular formula is C15H30N2S. The van der Waals surface area contributed by atoms with E-state index in [4.69, 9.17) is 5.73 Å². The van der Waals surface area contributed by atoms with Gasteiger partial charge in [0.05, 0.1) is 0 Å². The molecule has 1 saturated heterocycles. The summed E-state index contributed by atoms with van der Waals surface area (Å²) in [6.45, 7) is 3.19. The highest BCUT2D eigenvalue weighted by atomic mass is 32.2. The van der Waals surface area contributed by atoms with E-state index < -0.39 is 0 Å². The first-order chi connectivity index (χ1) is 8.72. The van der Waals surface area contributed by atoms with E-state index in [-0.39, 0.29) is 0 Å². The Morgan fingerprint density at radius 3 is 2.72 bits per heavy atom. The molecule has 18 heavy (non-hydrogen) atoms. The average Bonchev–Trinajstić information content (AvgIpc) is 2.84. The zero-order valence-electron chi connectivity index (χ0n) is 12.2. The van der Waals surface area contributed by atoms with Gasteiger partial charge in [0.2, 0.25) is 0 Å². The van der Waals surface area contributed by atoms with E-state index in [0.29, 0.717) is 5.54 Å². The molecule has 0 aromatic heterocycles. The Labute approximate surface area is 117 Å². The van der Waals surface area contributed by atoms with Gasteiger partial charge < -0.3 is 5.73 Å². The summed E-state index contributed by atoms with van der Waals surface area (Å²) in [7, 11) is 2.34. The molecule has 0 aromatic rings. The molecule has 0 bridgehead atoms. The number of nitrogens with zero attached hydrogens (tertiary/aromatic N) is 1. The van der Waals surface area contributed by atoms with Gasteiger partial charge in [-0.1, -0.05) is 26.2 Å². The van der Waals surface area contributed by atoms with E-state index in [1.807, 2.05) is 0 Å². The van der Waals surface area contributed by atoms with Gasteiger partial charge in [0.1, 0.15) is 0 Å². The van der Waals surface area contributed by atoms with Gasteiger partial charge in [-0.15, -0.1) is 0 Å². The number of rotatable bonds is 4. The smallest absolute Gasteiger partial charge is 0.0332 e. The van der Waals surface area contributed by atoms with Crippen LogP contribution in [0.15, 0.2) is 0 Å². The third-order valence-electron chi connectivity index (χ3n) is 5.43. The largest absolute Gasteiger partial charge is 0.329 e. The van der Waals surface area contributed by atoms with Crippen molar-refractivity contribution in [1.82, 2.24) is 4.90 Å². The predicted octanol–water partition coefficient (Wildman–Crippen LogP) is 3.11. The van der Waals surface area contributed by atoms with Crippen LogP contribution in [-0.4, -0.2) is 41.6 Å².